The maximum Gasteiger partial charge on any atom is 0.174 e. The summed E-state index contributed by atoms with van der Waals surface area (Å²) in [7, 11) is 3.21. The fourth-order valence-corrected chi connectivity index (χ4v) is 3.03. The van der Waals surface area contributed by atoms with Gasteiger partial charge < -0.3 is 14.8 Å². The molecule has 2 aromatic rings. The number of anilines is 1. The number of nitrogens with one attached hydrogen (secondary N) is 1. The van der Waals surface area contributed by atoms with Crippen LogP contribution in [0.2, 0.25) is 10.0 Å². The van der Waals surface area contributed by atoms with Crippen LogP contribution in [0.4, 0.5) is 5.69 Å². The molecular weight excluding hydrogens is 377 g/mol. The van der Waals surface area contributed by atoms with E-state index in [2.05, 4.69) is 21.2 Å². The Morgan fingerprint density at radius 2 is 1.86 bits per heavy atom. The molecule has 0 unspecified atom stereocenters. The minimum atomic E-state index is 0.585. The van der Waals surface area contributed by atoms with Gasteiger partial charge in [-0.15, -0.1) is 0 Å². The topological polar surface area (TPSA) is 30.5 Å². The highest BCUT2D eigenvalue weighted by atomic mass is 79.9. The first-order valence-corrected chi connectivity index (χ1v) is 7.69. The summed E-state index contributed by atoms with van der Waals surface area (Å²) in [4.78, 5) is 0. The van der Waals surface area contributed by atoms with E-state index in [0.29, 0.717) is 28.1 Å². The van der Waals surface area contributed by atoms with Gasteiger partial charge in [-0.2, -0.15) is 0 Å². The Morgan fingerprint density at radius 1 is 1.10 bits per heavy atom. The molecule has 112 valence electrons. The normalized spacial score (nSPS) is 10.3. The standard InChI is InChI=1S/C15H14BrCl2NO2/c1-20-14-6-9(5-11(16)15(14)21-2)8-19-13-4-3-10(17)7-12(13)18/h3-7,19H,8H2,1-2H3. The molecule has 0 amide bonds. The molecule has 0 aromatic heterocycles. The van der Waals surface area contributed by atoms with Crippen LogP contribution in [0.3, 0.4) is 0 Å². The van der Waals surface area contributed by atoms with Crippen LogP contribution in [-0.2, 0) is 6.54 Å². The van der Waals surface area contributed by atoms with E-state index in [4.69, 9.17) is 32.7 Å². The van der Waals surface area contributed by atoms with Crippen molar-refractivity contribution in [2.45, 2.75) is 6.54 Å². The number of ether oxygens (including phenoxy) is 2. The van der Waals surface area contributed by atoms with Crippen molar-refractivity contribution < 1.29 is 9.47 Å². The minimum Gasteiger partial charge on any atom is -0.493 e. The number of benzene rings is 2. The third-order valence-electron chi connectivity index (χ3n) is 2.91. The van der Waals surface area contributed by atoms with Crippen molar-refractivity contribution in [3.63, 3.8) is 0 Å². The third kappa shape index (κ3) is 3.96. The van der Waals surface area contributed by atoms with Crippen molar-refractivity contribution in [1.29, 1.82) is 0 Å². The summed E-state index contributed by atoms with van der Waals surface area (Å²) in [6, 6.07) is 9.23. The molecule has 2 rings (SSSR count). The third-order valence-corrected chi connectivity index (χ3v) is 4.04. The molecule has 0 spiro atoms. The highest BCUT2D eigenvalue weighted by Crippen LogP contribution is 2.36. The van der Waals surface area contributed by atoms with Gasteiger partial charge in [0.1, 0.15) is 0 Å². The number of rotatable bonds is 5. The summed E-state index contributed by atoms with van der Waals surface area (Å²) in [6.07, 6.45) is 0. The van der Waals surface area contributed by atoms with Gasteiger partial charge in [0.05, 0.1) is 29.4 Å². The number of hydrogen-bond donors (Lipinski definition) is 1. The summed E-state index contributed by atoms with van der Waals surface area (Å²) in [5, 5.41) is 4.46. The molecule has 0 aliphatic heterocycles. The van der Waals surface area contributed by atoms with E-state index in [9.17, 15) is 0 Å². The monoisotopic (exact) mass is 389 g/mol. The molecule has 21 heavy (non-hydrogen) atoms. The first-order valence-electron chi connectivity index (χ1n) is 6.14. The van der Waals surface area contributed by atoms with Gasteiger partial charge in [0, 0.05) is 11.6 Å². The second-order valence-electron chi connectivity index (χ2n) is 4.29. The van der Waals surface area contributed by atoms with Crippen LogP contribution < -0.4 is 14.8 Å². The molecule has 0 saturated heterocycles. The molecular formula is C15H14BrCl2NO2. The van der Waals surface area contributed by atoms with Crippen LogP contribution >= 0.6 is 39.1 Å². The van der Waals surface area contributed by atoms with Crippen LogP contribution in [0.25, 0.3) is 0 Å². The van der Waals surface area contributed by atoms with Gasteiger partial charge in [0.15, 0.2) is 11.5 Å². The SMILES string of the molecule is COc1cc(CNc2ccc(Cl)cc2Cl)cc(Br)c1OC. The van der Waals surface area contributed by atoms with E-state index in [-0.39, 0.29) is 0 Å². The summed E-state index contributed by atoms with van der Waals surface area (Å²) in [5.41, 5.74) is 1.86. The second kappa shape index (κ2) is 7.25. The first-order chi connectivity index (χ1) is 10.0. The zero-order valence-electron chi connectivity index (χ0n) is 11.5. The van der Waals surface area contributed by atoms with Gasteiger partial charge in [0.2, 0.25) is 0 Å². The van der Waals surface area contributed by atoms with E-state index >= 15 is 0 Å². The molecule has 0 fully saturated rings. The van der Waals surface area contributed by atoms with Crippen molar-refractivity contribution in [2.24, 2.45) is 0 Å². The number of methoxy groups -OCH3 is 2. The zero-order valence-corrected chi connectivity index (χ0v) is 14.6. The van der Waals surface area contributed by atoms with E-state index in [1.807, 2.05) is 18.2 Å². The van der Waals surface area contributed by atoms with Crippen LogP contribution in [0.15, 0.2) is 34.8 Å². The lowest BCUT2D eigenvalue weighted by Crippen LogP contribution is -2.01. The molecule has 0 aliphatic carbocycles. The van der Waals surface area contributed by atoms with Gasteiger partial charge in [-0.3, -0.25) is 0 Å². The predicted octanol–water partition coefficient (Wildman–Crippen LogP) is 5.39. The molecule has 2 aromatic carbocycles. The Balaban J connectivity index is 2.18. The maximum atomic E-state index is 6.13. The van der Waals surface area contributed by atoms with Crippen molar-refractivity contribution in [3.8, 4) is 11.5 Å². The number of hydrogen-bond acceptors (Lipinski definition) is 3. The lowest BCUT2D eigenvalue weighted by atomic mass is 10.2. The van der Waals surface area contributed by atoms with Gasteiger partial charge in [-0.05, 0) is 51.8 Å². The molecule has 0 heterocycles. The summed E-state index contributed by atoms with van der Waals surface area (Å²) in [6.45, 7) is 0.598. The van der Waals surface area contributed by atoms with Gasteiger partial charge >= 0.3 is 0 Å². The quantitative estimate of drug-likeness (QED) is 0.742. The van der Waals surface area contributed by atoms with Crippen LogP contribution in [-0.4, -0.2) is 14.2 Å². The molecule has 0 aliphatic rings. The van der Waals surface area contributed by atoms with Crippen LogP contribution in [0, 0.1) is 0 Å². The molecule has 0 bridgehead atoms. The van der Waals surface area contributed by atoms with E-state index in [0.717, 1.165) is 15.7 Å². The zero-order chi connectivity index (χ0) is 15.4. The molecule has 0 saturated carbocycles. The fourth-order valence-electron chi connectivity index (χ4n) is 1.90. The second-order valence-corrected chi connectivity index (χ2v) is 5.99. The smallest absolute Gasteiger partial charge is 0.174 e. The van der Waals surface area contributed by atoms with Gasteiger partial charge in [-0.25, -0.2) is 0 Å². The fraction of sp³-hybridized carbons (Fsp3) is 0.200. The van der Waals surface area contributed by atoms with Gasteiger partial charge in [0.25, 0.3) is 0 Å². The first kappa shape index (κ1) is 16.3. The highest BCUT2D eigenvalue weighted by molar-refractivity contribution is 9.10. The molecule has 6 heteroatoms. The van der Waals surface area contributed by atoms with Crippen LogP contribution in [0.5, 0.6) is 11.5 Å². The van der Waals surface area contributed by atoms with E-state index < -0.39 is 0 Å². The maximum absolute atomic E-state index is 6.13. The Bertz CT molecular complexity index is 650. The van der Waals surface area contributed by atoms with Crippen LogP contribution in [0.1, 0.15) is 5.56 Å². The Morgan fingerprint density at radius 3 is 2.48 bits per heavy atom. The molecule has 0 radical (unpaired) electrons. The largest absolute Gasteiger partial charge is 0.493 e. The Kier molecular flexibility index (Phi) is 5.62. The van der Waals surface area contributed by atoms with Crippen molar-refractivity contribution in [3.05, 3.63) is 50.4 Å². The van der Waals surface area contributed by atoms with Crippen molar-refractivity contribution >= 4 is 44.8 Å². The lowest BCUT2D eigenvalue weighted by molar-refractivity contribution is 0.352. The molecule has 0 atom stereocenters. The molecule has 1 N–H and O–H groups in total. The lowest BCUT2D eigenvalue weighted by Gasteiger charge is -2.13. The minimum absolute atomic E-state index is 0.585. The molecule has 3 nitrogen and oxygen atoms in total. The number of halogens is 3. The summed E-state index contributed by atoms with van der Waals surface area (Å²) in [5.74, 6) is 1.34. The van der Waals surface area contributed by atoms with Crippen molar-refractivity contribution in [2.75, 3.05) is 19.5 Å². The van der Waals surface area contributed by atoms with Gasteiger partial charge in [-0.1, -0.05) is 23.2 Å². The van der Waals surface area contributed by atoms with E-state index in [1.165, 1.54) is 0 Å². The average Bonchev–Trinajstić information content (AvgIpc) is 2.45. The summed E-state index contributed by atoms with van der Waals surface area (Å²) >= 11 is 15.5. The van der Waals surface area contributed by atoms with Crippen molar-refractivity contribution in [1.82, 2.24) is 0 Å². The Labute approximate surface area is 142 Å². The van der Waals surface area contributed by atoms with E-state index in [1.54, 1.807) is 26.4 Å². The highest BCUT2D eigenvalue weighted by Gasteiger charge is 2.10. The Hall–Kier alpha value is -1.10. The summed E-state index contributed by atoms with van der Waals surface area (Å²) < 4.78 is 11.4. The predicted molar refractivity (Wildman–Crippen MR) is 91.0 cm³/mol. The average molecular weight is 391 g/mol.